The van der Waals surface area contributed by atoms with E-state index in [-0.39, 0.29) is 17.9 Å². The smallest absolute Gasteiger partial charge is 0.368 e. The first-order valence-corrected chi connectivity index (χ1v) is 5.77. The van der Waals surface area contributed by atoms with Crippen LogP contribution in [0.2, 0.25) is 0 Å². The number of rotatable bonds is 5. The second-order valence-corrected chi connectivity index (χ2v) is 4.42. The Morgan fingerprint density at radius 2 is 2.06 bits per heavy atom. The van der Waals surface area contributed by atoms with Gasteiger partial charge >= 0.3 is 6.18 Å². The molecule has 0 saturated carbocycles. The fourth-order valence-electron chi connectivity index (χ4n) is 1.12. The molecule has 9 heteroatoms. The highest BCUT2D eigenvalue weighted by atomic mass is 32.2. The van der Waals surface area contributed by atoms with Gasteiger partial charge in [0.05, 0.1) is 0 Å². The number of halogens is 3. The highest BCUT2D eigenvalue weighted by Crippen LogP contribution is 2.23. The van der Waals surface area contributed by atoms with E-state index < -0.39 is 12.8 Å². The molecule has 0 aliphatic heterocycles. The second kappa shape index (κ2) is 5.58. The molecule has 0 atom stereocenters. The molecule has 0 spiro atoms. The van der Waals surface area contributed by atoms with E-state index >= 15 is 0 Å². The Morgan fingerprint density at radius 1 is 1.41 bits per heavy atom. The van der Waals surface area contributed by atoms with Crippen molar-refractivity contribution in [1.82, 2.24) is 14.8 Å². The zero-order chi connectivity index (χ0) is 13.1. The van der Waals surface area contributed by atoms with Crippen LogP contribution >= 0.6 is 11.8 Å². The summed E-state index contributed by atoms with van der Waals surface area (Å²) in [5.74, 6) is 0.0861. The van der Waals surface area contributed by atoms with Gasteiger partial charge in [-0.1, -0.05) is 11.8 Å². The lowest BCUT2D eigenvalue weighted by Crippen LogP contribution is -2.16. The van der Waals surface area contributed by atoms with Crippen molar-refractivity contribution in [3.05, 3.63) is 0 Å². The van der Waals surface area contributed by atoms with Crippen LogP contribution in [0.25, 0.3) is 0 Å². The summed E-state index contributed by atoms with van der Waals surface area (Å²) in [4.78, 5) is 0. The largest absolute Gasteiger partial charge is 0.411 e. The number of nitrogen functional groups attached to an aromatic ring is 1. The number of nitrogens with zero attached hydrogens (tertiary/aromatic N) is 3. The number of alkyl halides is 3. The molecule has 0 aromatic carbocycles. The van der Waals surface area contributed by atoms with Crippen molar-refractivity contribution < 1.29 is 17.9 Å². The Bertz CT molecular complexity index is 366. The van der Waals surface area contributed by atoms with Crippen LogP contribution in [0.15, 0.2) is 5.16 Å². The van der Waals surface area contributed by atoms with Crippen molar-refractivity contribution in [2.75, 3.05) is 18.3 Å². The summed E-state index contributed by atoms with van der Waals surface area (Å²) in [6.07, 6.45) is -4.31. The predicted molar refractivity (Wildman–Crippen MR) is 57.6 cm³/mol. The van der Waals surface area contributed by atoms with Gasteiger partial charge in [0, 0.05) is 6.04 Å². The molecule has 0 radical (unpaired) electrons. The molecule has 0 bridgehead atoms. The third-order valence-electron chi connectivity index (χ3n) is 1.74. The first kappa shape index (κ1) is 14.1. The molecule has 98 valence electrons. The number of nitrogens with two attached hydrogens (primary N) is 1. The van der Waals surface area contributed by atoms with Crippen LogP contribution in [-0.4, -0.2) is 33.5 Å². The van der Waals surface area contributed by atoms with Crippen molar-refractivity contribution in [1.29, 1.82) is 0 Å². The van der Waals surface area contributed by atoms with Gasteiger partial charge in [-0.2, -0.15) is 13.2 Å². The van der Waals surface area contributed by atoms with E-state index in [9.17, 15) is 13.2 Å². The maximum atomic E-state index is 11.8. The standard InChI is InChI=1S/C8H13F3N4OS/c1-5(2)15-6(12)13-14-7(15)17-4-16-3-8(9,10)11/h5H,3-4H2,1-2H3,(H2,12,13). The van der Waals surface area contributed by atoms with Crippen LogP contribution < -0.4 is 5.73 Å². The highest BCUT2D eigenvalue weighted by molar-refractivity contribution is 7.99. The van der Waals surface area contributed by atoms with Crippen molar-refractivity contribution in [3.63, 3.8) is 0 Å². The van der Waals surface area contributed by atoms with Gasteiger partial charge in [0.25, 0.3) is 0 Å². The number of anilines is 1. The molecule has 2 N–H and O–H groups in total. The molecule has 1 rings (SSSR count). The quantitative estimate of drug-likeness (QED) is 0.504. The third kappa shape index (κ3) is 4.43. The maximum Gasteiger partial charge on any atom is 0.411 e. The Kier molecular flexibility index (Phi) is 4.63. The molecule has 0 unspecified atom stereocenters. The van der Waals surface area contributed by atoms with Crippen LogP contribution in [-0.2, 0) is 4.74 Å². The average Bonchev–Trinajstić information content (AvgIpc) is 2.53. The Labute approximate surface area is 101 Å². The van der Waals surface area contributed by atoms with Crippen molar-refractivity contribution in [2.24, 2.45) is 0 Å². The molecule has 1 aromatic heterocycles. The normalized spacial score (nSPS) is 12.4. The second-order valence-electron chi connectivity index (χ2n) is 3.53. The van der Waals surface area contributed by atoms with E-state index in [4.69, 9.17) is 5.73 Å². The fourth-order valence-corrected chi connectivity index (χ4v) is 1.94. The van der Waals surface area contributed by atoms with E-state index in [0.717, 1.165) is 11.8 Å². The van der Waals surface area contributed by atoms with E-state index in [2.05, 4.69) is 14.9 Å². The van der Waals surface area contributed by atoms with E-state index in [1.54, 1.807) is 4.57 Å². The topological polar surface area (TPSA) is 66.0 Å². The van der Waals surface area contributed by atoms with Crippen LogP contribution in [0, 0.1) is 0 Å². The first-order valence-electron chi connectivity index (χ1n) is 4.79. The summed E-state index contributed by atoms with van der Waals surface area (Å²) < 4.78 is 41.5. The average molecular weight is 270 g/mol. The fraction of sp³-hybridized carbons (Fsp3) is 0.750. The Balaban J connectivity index is 2.47. The number of ether oxygens (including phenoxy) is 1. The molecular formula is C8H13F3N4OS. The molecule has 1 aromatic rings. The molecule has 0 aliphatic rings. The Hall–Kier alpha value is -0.960. The lowest BCUT2D eigenvalue weighted by molar-refractivity contribution is -0.168. The van der Waals surface area contributed by atoms with Crippen molar-refractivity contribution >= 4 is 17.7 Å². The molecule has 0 aliphatic carbocycles. The van der Waals surface area contributed by atoms with Gasteiger partial charge < -0.3 is 10.5 Å². The number of aromatic nitrogens is 3. The van der Waals surface area contributed by atoms with Crippen LogP contribution in [0.5, 0.6) is 0 Å². The van der Waals surface area contributed by atoms with Gasteiger partial charge in [0.1, 0.15) is 12.5 Å². The maximum absolute atomic E-state index is 11.8. The molecular weight excluding hydrogens is 257 g/mol. The van der Waals surface area contributed by atoms with Crippen molar-refractivity contribution in [3.8, 4) is 0 Å². The minimum atomic E-state index is -4.31. The molecule has 0 fully saturated rings. The van der Waals surface area contributed by atoms with Gasteiger partial charge in [-0.25, -0.2) is 0 Å². The van der Waals surface area contributed by atoms with Crippen LogP contribution in [0.3, 0.4) is 0 Å². The number of thioether (sulfide) groups is 1. The Morgan fingerprint density at radius 3 is 2.59 bits per heavy atom. The predicted octanol–water partition coefficient (Wildman–Crippen LogP) is 2.07. The van der Waals surface area contributed by atoms with Crippen molar-refractivity contribution in [2.45, 2.75) is 31.2 Å². The molecule has 0 amide bonds. The van der Waals surface area contributed by atoms with Gasteiger partial charge in [-0.15, -0.1) is 10.2 Å². The lowest BCUT2D eigenvalue weighted by atomic mass is 10.4. The number of hydrogen-bond donors (Lipinski definition) is 1. The lowest BCUT2D eigenvalue weighted by Gasteiger charge is -2.11. The summed E-state index contributed by atoms with van der Waals surface area (Å²) in [6, 6.07) is 0.0371. The minimum Gasteiger partial charge on any atom is -0.368 e. The van der Waals surface area contributed by atoms with Gasteiger partial charge in [0.15, 0.2) is 5.16 Å². The van der Waals surface area contributed by atoms with Crippen LogP contribution in [0.1, 0.15) is 19.9 Å². The first-order chi connectivity index (χ1) is 7.81. The summed E-state index contributed by atoms with van der Waals surface area (Å²) in [5.41, 5.74) is 5.57. The van der Waals surface area contributed by atoms with Crippen LogP contribution in [0.4, 0.5) is 19.1 Å². The highest BCUT2D eigenvalue weighted by Gasteiger charge is 2.27. The van der Waals surface area contributed by atoms with Gasteiger partial charge in [-0.3, -0.25) is 4.57 Å². The van der Waals surface area contributed by atoms with E-state index in [1.807, 2.05) is 13.8 Å². The van der Waals surface area contributed by atoms with Gasteiger partial charge in [-0.05, 0) is 13.8 Å². The molecule has 1 heterocycles. The summed E-state index contributed by atoms with van der Waals surface area (Å²) in [7, 11) is 0. The SMILES string of the molecule is CC(C)n1c(N)nnc1SCOCC(F)(F)F. The molecule has 5 nitrogen and oxygen atoms in total. The minimum absolute atomic E-state index is 0.0371. The summed E-state index contributed by atoms with van der Waals surface area (Å²) in [5, 5.41) is 7.86. The third-order valence-corrected chi connectivity index (χ3v) is 2.57. The zero-order valence-corrected chi connectivity index (χ0v) is 10.2. The monoisotopic (exact) mass is 270 g/mol. The molecule has 0 saturated heterocycles. The zero-order valence-electron chi connectivity index (χ0n) is 9.36. The summed E-state index contributed by atoms with van der Waals surface area (Å²) >= 11 is 1.02. The van der Waals surface area contributed by atoms with E-state index in [0.29, 0.717) is 5.16 Å². The van der Waals surface area contributed by atoms with Gasteiger partial charge in [0.2, 0.25) is 5.95 Å². The number of hydrogen-bond acceptors (Lipinski definition) is 5. The van der Waals surface area contributed by atoms with E-state index in [1.165, 1.54) is 0 Å². The summed E-state index contributed by atoms with van der Waals surface area (Å²) in [6.45, 7) is 2.48. The molecule has 17 heavy (non-hydrogen) atoms.